The number of hydrazone groups is 1. The lowest BCUT2D eigenvalue weighted by Crippen LogP contribution is -2.19. The fourth-order valence-electron chi connectivity index (χ4n) is 1.82. The van der Waals surface area contributed by atoms with Gasteiger partial charge in [-0.15, -0.1) is 0 Å². The first-order valence-corrected chi connectivity index (χ1v) is 6.50. The van der Waals surface area contributed by atoms with Crippen LogP contribution in [0.4, 0.5) is 5.69 Å². The predicted molar refractivity (Wildman–Crippen MR) is 82.5 cm³/mol. The lowest BCUT2D eigenvalue weighted by atomic mass is 10.1. The number of phenols is 2. The Labute approximate surface area is 130 Å². The van der Waals surface area contributed by atoms with Crippen LogP contribution in [0.25, 0.3) is 0 Å². The fraction of sp³-hybridized carbons (Fsp3) is 0.0667. The molecule has 8 heteroatoms. The zero-order valence-corrected chi connectivity index (χ0v) is 12.1. The molecule has 23 heavy (non-hydrogen) atoms. The highest BCUT2D eigenvalue weighted by Gasteiger charge is 2.10. The van der Waals surface area contributed by atoms with E-state index in [0.717, 1.165) is 6.07 Å². The maximum atomic E-state index is 11.9. The fourth-order valence-corrected chi connectivity index (χ4v) is 1.82. The van der Waals surface area contributed by atoms with E-state index in [2.05, 4.69) is 10.5 Å². The largest absolute Gasteiger partial charge is 0.508 e. The summed E-state index contributed by atoms with van der Waals surface area (Å²) in [5.74, 6) is -0.803. The van der Waals surface area contributed by atoms with Gasteiger partial charge in [-0.3, -0.25) is 14.9 Å². The summed E-state index contributed by atoms with van der Waals surface area (Å²) in [7, 11) is 0. The molecule has 0 aromatic heterocycles. The summed E-state index contributed by atoms with van der Waals surface area (Å²) in [5.41, 5.74) is 3.07. The number of hydrogen-bond acceptors (Lipinski definition) is 6. The van der Waals surface area contributed by atoms with Crippen molar-refractivity contribution in [3.8, 4) is 11.5 Å². The second-order valence-electron chi connectivity index (χ2n) is 4.64. The molecule has 0 radical (unpaired) electrons. The molecule has 0 heterocycles. The summed E-state index contributed by atoms with van der Waals surface area (Å²) in [6.07, 6.45) is 0. The van der Waals surface area contributed by atoms with E-state index in [9.17, 15) is 25.1 Å². The van der Waals surface area contributed by atoms with Crippen molar-refractivity contribution in [2.24, 2.45) is 5.10 Å². The van der Waals surface area contributed by atoms with Crippen molar-refractivity contribution in [3.63, 3.8) is 0 Å². The van der Waals surface area contributed by atoms with Gasteiger partial charge in [-0.25, -0.2) is 5.43 Å². The molecule has 0 saturated heterocycles. The minimum atomic E-state index is -0.558. The van der Waals surface area contributed by atoms with Gasteiger partial charge in [0, 0.05) is 29.3 Å². The molecule has 0 atom stereocenters. The quantitative estimate of drug-likeness (QED) is 0.453. The van der Waals surface area contributed by atoms with Gasteiger partial charge in [-0.2, -0.15) is 5.10 Å². The van der Waals surface area contributed by atoms with Crippen molar-refractivity contribution in [1.82, 2.24) is 5.43 Å². The smallest absolute Gasteiger partial charge is 0.271 e. The van der Waals surface area contributed by atoms with E-state index >= 15 is 0 Å². The van der Waals surface area contributed by atoms with Crippen molar-refractivity contribution >= 4 is 17.3 Å². The number of hydrogen-bond donors (Lipinski definition) is 3. The van der Waals surface area contributed by atoms with Gasteiger partial charge in [0.1, 0.15) is 11.5 Å². The average Bonchev–Trinajstić information content (AvgIpc) is 2.52. The molecule has 8 nitrogen and oxygen atoms in total. The molecular formula is C15H13N3O5. The number of rotatable bonds is 4. The predicted octanol–water partition coefficient (Wildman–Crippen LogP) is 2.16. The summed E-state index contributed by atoms with van der Waals surface area (Å²) in [6, 6.07) is 9.07. The second kappa shape index (κ2) is 6.56. The van der Waals surface area contributed by atoms with Crippen molar-refractivity contribution < 1.29 is 19.9 Å². The van der Waals surface area contributed by atoms with Crippen molar-refractivity contribution in [2.75, 3.05) is 0 Å². The Balaban J connectivity index is 2.12. The van der Waals surface area contributed by atoms with Crippen LogP contribution in [0.15, 0.2) is 47.6 Å². The maximum absolute atomic E-state index is 11.9. The van der Waals surface area contributed by atoms with Gasteiger partial charge in [0.25, 0.3) is 11.6 Å². The number of aromatic hydroxyl groups is 2. The highest BCUT2D eigenvalue weighted by Crippen LogP contribution is 2.23. The van der Waals surface area contributed by atoms with Gasteiger partial charge < -0.3 is 10.2 Å². The molecule has 0 aliphatic heterocycles. The Morgan fingerprint density at radius 3 is 2.39 bits per heavy atom. The zero-order chi connectivity index (χ0) is 17.0. The van der Waals surface area contributed by atoms with Crippen LogP contribution in [-0.4, -0.2) is 26.8 Å². The summed E-state index contributed by atoms with van der Waals surface area (Å²) in [5, 5.41) is 33.4. The van der Waals surface area contributed by atoms with Crippen LogP contribution in [0.3, 0.4) is 0 Å². The molecule has 0 bridgehead atoms. The molecule has 0 fully saturated rings. The van der Waals surface area contributed by atoms with Crippen LogP contribution in [0, 0.1) is 10.1 Å². The molecule has 0 unspecified atom stereocenters. The van der Waals surface area contributed by atoms with Crippen LogP contribution in [-0.2, 0) is 0 Å². The Bertz CT molecular complexity index is 784. The van der Waals surface area contributed by atoms with Crippen molar-refractivity contribution in [2.45, 2.75) is 6.92 Å². The topological polar surface area (TPSA) is 125 Å². The van der Waals surface area contributed by atoms with E-state index in [1.54, 1.807) is 6.92 Å². The normalized spacial score (nSPS) is 11.1. The minimum absolute atomic E-state index is 0.0889. The summed E-state index contributed by atoms with van der Waals surface area (Å²) in [4.78, 5) is 21.9. The average molecular weight is 315 g/mol. The first-order chi connectivity index (χ1) is 10.9. The Hall–Kier alpha value is -3.42. The number of nitro benzene ring substituents is 1. The number of carbonyl (C=O) groups excluding carboxylic acids is 1. The van der Waals surface area contributed by atoms with Crippen LogP contribution >= 0.6 is 0 Å². The van der Waals surface area contributed by atoms with Gasteiger partial charge in [0.2, 0.25) is 0 Å². The number of benzene rings is 2. The molecule has 0 aliphatic rings. The number of amides is 1. The first kappa shape index (κ1) is 16.0. The summed E-state index contributed by atoms with van der Waals surface area (Å²) >= 11 is 0. The van der Waals surface area contributed by atoms with Gasteiger partial charge in [0.15, 0.2) is 0 Å². The highest BCUT2D eigenvalue weighted by atomic mass is 16.6. The highest BCUT2D eigenvalue weighted by molar-refractivity contribution is 6.02. The van der Waals surface area contributed by atoms with E-state index in [-0.39, 0.29) is 22.7 Å². The summed E-state index contributed by atoms with van der Waals surface area (Å²) in [6.45, 7) is 1.57. The molecule has 1 amide bonds. The number of nitrogens with zero attached hydrogens (tertiary/aromatic N) is 2. The van der Waals surface area contributed by atoms with E-state index < -0.39 is 10.8 Å². The van der Waals surface area contributed by atoms with E-state index in [1.807, 2.05) is 0 Å². The minimum Gasteiger partial charge on any atom is -0.508 e. The van der Waals surface area contributed by atoms with E-state index in [1.165, 1.54) is 36.4 Å². The van der Waals surface area contributed by atoms with Crippen LogP contribution in [0.5, 0.6) is 11.5 Å². The molecule has 3 N–H and O–H groups in total. The molecule has 2 aromatic carbocycles. The van der Waals surface area contributed by atoms with Gasteiger partial charge >= 0.3 is 0 Å². The first-order valence-electron chi connectivity index (χ1n) is 6.50. The molecular weight excluding hydrogens is 302 g/mol. The van der Waals surface area contributed by atoms with Crippen LogP contribution in [0.1, 0.15) is 22.8 Å². The maximum Gasteiger partial charge on any atom is 0.271 e. The number of phenolic OH excluding ortho intramolecular Hbond substituents is 2. The molecule has 118 valence electrons. The Morgan fingerprint density at radius 1 is 1.17 bits per heavy atom. The number of nitro groups is 1. The van der Waals surface area contributed by atoms with Gasteiger partial charge in [0.05, 0.1) is 10.6 Å². The van der Waals surface area contributed by atoms with Gasteiger partial charge in [-0.1, -0.05) is 0 Å². The van der Waals surface area contributed by atoms with E-state index in [0.29, 0.717) is 11.3 Å². The lowest BCUT2D eigenvalue weighted by Gasteiger charge is -2.05. The van der Waals surface area contributed by atoms with Crippen LogP contribution < -0.4 is 5.43 Å². The Morgan fingerprint density at radius 2 is 1.83 bits per heavy atom. The van der Waals surface area contributed by atoms with Gasteiger partial charge in [-0.05, 0) is 31.2 Å². The molecule has 0 aliphatic carbocycles. The zero-order valence-electron chi connectivity index (χ0n) is 12.1. The van der Waals surface area contributed by atoms with E-state index in [4.69, 9.17) is 0 Å². The second-order valence-corrected chi connectivity index (χ2v) is 4.64. The molecule has 0 saturated carbocycles. The third-order valence-corrected chi connectivity index (χ3v) is 3.04. The number of non-ortho nitro benzene ring substituents is 1. The molecule has 0 spiro atoms. The van der Waals surface area contributed by atoms with Crippen LogP contribution in [0.2, 0.25) is 0 Å². The third-order valence-electron chi connectivity index (χ3n) is 3.04. The van der Waals surface area contributed by atoms with Crippen molar-refractivity contribution in [1.29, 1.82) is 0 Å². The SMILES string of the molecule is CC(=NNC(=O)c1ccc([N+](=O)[O-])cc1)c1ccc(O)cc1O. The third kappa shape index (κ3) is 3.82. The number of carbonyl (C=O) groups is 1. The monoisotopic (exact) mass is 315 g/mol. The lowest BCUT2D eigenvalue weighted by molar-refractivity contribution is -0.384. The standard InChI is InChI=1S/C15H13N3O5/c1-9(13-7-6-12(19)8-14(13)20)16-17-15(21)10-2-4-11(5-3-10)18(22)23/h2-8,19-20H,1H3,(H,17,21). The summed E-state index contributed by atoms with van der Waals surface area (Å²) < 4.78 is 0. The number of nitrogens with one attached hydrogen (secondary N) is 1. The van der Waals surface area contributed by atoms with Crippen molar-refractivity contribution in [3.05, 3.63) is 63.7 Å². The Kier molecular flexibility index (Phi) is 4.55. The molecule has 2 aromatic rings. The molecule has 2 rings (SSSR count).